The van der Waals surface area contributed by atoms with Gasteiger partial charge in [0.05, 0.1) is 0 Å². The van der Waals surface area contributed by atoms with Crippen LogP contribution in [0, 0.1) is 0 Å². The molecule has 1 saturated heterocycles. The topological polar surface area (TPSA) is 41.6 Å². The smallest absolute Gasteiger partial charge is 0.130 e. The third-order valence-corrected chi connectivity index (χ3v) is 3.57. The lowest BCUT2D eigenvalue weighted by molar-refractivity contribution is 0.245. The molecule has 0 aromatic carbocycles. The molecule has 1 rings (SSSR count). The molecule has 1 aliphatic rings. The van der Waals surface area contributed by atoms with Crippen molar-refractivity contribution in [2.75, 3.05) is 19.8 Å². The molecule has 1 fully saturated rings. The number of hydrogen-bond acceptors (Lipinski definition) is 3. The molecule has 5 heteroatoms. The lowest BCUT2D eigenvalue weighted by Crippen LogP contribution is -2.29. The van der Waals surface area contributed by atoms with E-state index in [4.69, 9.17) is 5.73 Å². The first-order valence-electron chi connectivity index (χ1n) is 4.53. The number of alkyl halides is 1. The third-order valence-electron chi connectivity index (χ3n) is 2.13. The van der Waals surface area contributed by atoms with Crippen LogP contribution in [-0.2, 0) is 0 Å². The summed E-state index contributed by atoms with van der Waals surface area (Å²) in [5.74, 6) is 1.34. The average Bonchev–Trinajstić information content (AvgIpc) is 2.60. The molecular formula is C9H16FN3S. The van der Waals surface area contributed by atoms with Gasteiger partial charge in [0.25, 0.3) is 0 Å². The highest BCUT2D eigenvalue weighted by Gasteiger charge is 2.29. The molecule has 0 unspecified atom stereocenters. The third kappa shape index (κ3) is 2.90. The minimum absolute atomic E-state index is 0.0732. The van der Waals surface area contributed by atoms with Gasteiger partial charge in [-0.1, -0.05) is 0 Å². The van der Waals surface area contributed by atoms with Crippen molar-refractivity contribution in [3.8, 4) is 0 Å². The Morgan fingerprint density at radius 2 is 2.43 bits per heavy atom. The number of rotatable bonds is 3. The summed E-state index contributed by atoms with van der Waals surface area (Å²) in [6.07, 6.45) is 3.36. The van der Waals surface area contributed by atoms with Crippen molar-refractivity contribution in [2.24, 2.45) is 10.7 Å². The monoisotopic (exact) mass is 217 g/mol. The molecule has 0 radical (unpaired) electrons. The largest absolute Gasteiger partial charge is 0.384 e. The van der Waals surface area contributed by atoms with Crippen molar-refractivity contribution >= 4 is 17.6 Å². The van der Waals surface area contributed by atoms with E-state index in [1.54, 1.807) is 31.1 Å². The van der Waals surface area contributed by atoms with Gasteiger partial charge in [-0.15, -0.1) is 11.8 Å². The maximum Gasteiger partial charge on any atom is 0.130 e. The highest BCUT2D eigenvalue weighted by molar-refractivity contribution is 8.00. The Bertz CT molecular complexity index is 242. The zero-order valence-electron chi connectivity index (χ0n) is 8.48. The lowest BCUT2D eigenvalue weighted by atomic mass is 10.3. The Morgan fingerprint density at radius 3 is 2.93 bits per heavy atom. The number of nitrogens with zero attached hydrogens (tertiary/aromatic N) is 2. The average molecular weight is 217 g/mol. The van der Waals surface area contributed by atoms with E-state index in [0.717, 1.165) is 5.75 Å². The molecule has 14 heavy (non-hydrogen) atoms. The van der Waals surface area contributed by atoms with Gasteiger partial charge < -0.3 is 10.6 Å². The van der Waals surface area contributed by atoms with Crippen LogP contribution in [0.2, 0.25) is 0 Å². The zero-order chi connectivity index (χ0) is 10.6. The normalized spacial score (nSPS) is 28.6. The Kier molecular flexibility index (Phi) is 4.25. The summed E-state index contributed by atoms with van der Waals surface area (Å²) in [6.45, 7) is 0. The molecule has 3 nitrogen and oxygen atoms in total. The van der Waals surface area contributed by atoms with E-state index in [2.05, 4.69) is 4.99 Å². The van der Waals surface area contributed by atoms with Gasteiger partial charge in [0, 0.05) is 20.3 Å². The summed E-state index contributed by atoms with van der Waals surface area (Å²) in [4.78, 5) is 5.63. The molecule has 2 atom stereocenters. The number of thioether (sulfide) groups is 1. The SMILES string of the molecule is CN=C(N)/C=C\N(C)[C@@H]1SCC[C@@H]1F. The summed E-state index contributed by atoms with van der Waals surface area (Å²) in [5, 5.41) is -0.0732. The van der Waals surface area contributed by atoms with Crippen LogP contribution in [0.4, 0.5) is 4.39 Å². The molecule has 0 bridgehead atoms. The number of aliphatic imine (C=N–C) groups is 1. The van der Waals surface area contributed by atoms with E-state index in [0.29, 0.717) is 12.3 Å². The minimum atomic E-state index is -0.741. The van der Waals surface area contributed by atoms with Gasteiger partial charge >= 0.3 is 0 Å². The van der Waals surface area contributed by atoms with E-state index >= 15 is 0 Å². The van der Waals surface area contributed by atoms with Gasteiger partial charge in [0.2, 0.25) is 0 Å². The van der Waals surface area contributed by atoms with E-state index < -0.39 is 6.17 Å². The molecular weight excluding hydrogens is 201 g/mol. The van der Waals surface area contributed by atoms with E-state index in [1.165, 1.54) is 0 Å². The van der Waals surface area contributed by atoms with Gasteiger partial charge in [-0.05, 0) is 18.2 Å². The molecule has 1 aliphatic heterocycles. The molecule has 0 spiro atoms. The number of hydrogen-bond donors (Lipinski definition) is 1. The van der Waals surface area contributed by atoms with Crippen LogP contribution in [0.3, 0.4) is 0 Å². The summed E-state index contributed by atoms with van der Waals surface area (Å²) in [6, 6.07) is 0. The molecule has 2 N–H and O–H groups in total. The highest BCUT2D eigenvalue weighted by atomic mass is 32.2. The second-order valence-electron chi connectivity index (χ2n) is 3.20. The maximum absolute atomic E-state index is 13.3. The molecule has 0 saturated carbocycles. The molecule has 0 aromatic heterocycles. The van der Waals surface area contributed by atoms with Crippen LogP contribution in [0.15, 0.2) is 17.3 Å². The van der Waals surface area contributed by atoms with E-state index in [-0.39, 0.29) is 5.37 Å². The number of nitrogens with two attached hydrogens (primary N) is 1. The maximum atomic E-state index is 13.3. The minimum Gasteiger partial charge on any atom is -0.384 e. The van der Waals surface area contributed by atoms with Crippen molar-refractivity contribution in [3.63, 3.8) is 0 Å². The quantitative estimate of drug-likeness (QED) is 0.571. The van der Waals surface area contributed by atoms with Crippen molar-refractivity contribution in [1.82, 2.24) is 4.90 Å². The van der Waals surface area contributed by atoms with Crippen molar-refractivity contribution in [3.05, 3.63) is 12.3 Å². The highest BCUT2D eigenvalue weighted by Crippen LogP contribution is 2.31. The zero-order valence-corrected chi connectivity index (χ0v) is 9.30. The fourth-order valence-electron chi connectivity index (χ4n) is 1.27. The predicted molar refractivity (Wildman–Crippen MR) is 60.2 cm³/mol. The van der Waals surface area contributed by atoms with Crippen molar-refractivity contribution in [1.29, 1.82) is 0 Å². The van der Waals surface area contributed by atoms with Gasteiger partial charge in [-0.3, -0.25) is 4.99 Å². The van der Waals surface area contributed by atoms with Gasteiger partial charge in [0.15, 0.2) is 0 Å². The fraction of sp³-hybridized carbons (Fsp3) is 0.667. The van der Waals surface area contributed by atoms with Gasteiger partial charge in [-0.25, -0.2) is 4.39 Å². The Hall–Kier alpha value is -0.710. The number of halogens is 1. The Labute approximate surface area is 88.2 Å². The molecule has 80 valence electrons. The molecule has 0 aromatic rings. The van der Waals surface area contributed by atoms with Crippen LogP contribution < -0.4 is 5.73 Å². The van der Waals surface area contributed by atoms with Crippen LogP contribution >= 0.6 is 11.8 Å². The fourth-order valence-corrected chi connectivity index (χ4v) is 2.53. The Balaban J connectivity index is 2.49. The van der Waals surface area contributed by atoms with E-state index in [1.807, 2.05) is 11.9 Å². The summed E-state index contributed by atoms with van der Waals surface area (Å²) in [7, 11) is 3.48. The van der Waals surface area contributed by atoms with E-state index in [9.17, 15) is 4.39 Å². The predicted octanol–water partition coefficient (Wildman–Crippen LogP) is 1.22. The Morgan fingerprint density at radius 1 is 1.71 bits per heavy atom. The van der Waals surface area contributed by atoms with Crippen molar-refractivity contribution < 1.29 is 4.39 Å². The molecule has 0 amide bonds. The lowest BCUT2D eigenvalue weighted by Gasteiger charge is -2.23. The standard InChI is InChI=1S/C9H16FN3S/c1-12-8(11)3-5-13(2)9-7(10)4-6-14-9/h3,5,7,9H,4,6H2,1-2H3,(H2,11,12)/b5-3-/t7-,9+/m0/s1. The van der Waals surface area contributed by atoms with Crippen LogP contribution in [-0.4, -0.2) is 42.1 Å². The first kappa shape index (κ1) is 11.4. The van der Waals surface area contributed by atoms with Crippen LogP contribution in [0.25, 0.3) is 0 Å². The van der Waals surface area contributed by atoms with Gasteiger partial charge in [-0.2, -0.15) is 0 Å². The molecule has 0 aliphatic carbocycles. The molecule has 1 heterocycles. The summed E-state index contributed by atoms with van der Waals surface area (Å²) in [5.41, 5.74) is 5.49. The van der Waals surface area contributed by atoms with Crippen LogP contribution in [0.1, 0.15) is 6.42 Å². The second kappa shape index (κ2) is 5.24. The second-order valence-corrected chi connectivity index (χ2v) is 4.42. The summed E-state index contributed by atoms with van der Waals surface area (Å²) < 4.78 is 13.3. The first-order chi connectivity index (χ1) is 6.65. The first-order valence-corrected chi connectivity index (χ1v) is 5.58. The van der Waals surface area contributed by atoms with Crippen LogP contribution in [0.5, 0.6) is 0 Å². The number of amidine groups is 1. The van der Waals surface area contributed by atoms with Crippen molar-refractivity contribution in [2.45, 2.75) is 18.0 Å². The van der Waals surface area contributed by atoms with Gasteiger partial charge in [0.1, 0.15) is 17.4 Å². The summed E-state index contributed by atoms with van der Waals surface area (Å²) >= 11 is 1.64.